The lowest BCUT2D eigenvalue weighted by atomic mass is 9.86. The molecule has 0 saturated carbocycles. The van der Waals surface area contributed by atoms with E-state index in [4.69, 9.17) is 14.8 Å². The van der Waals surface area contributed by atoms with Crippen molar-refractivity contribution in [2.45, 2.75) is 93.9 Å². The van der Waals surface area contributed by atoms with Crippen LogP contribution in [0.1, 0.15) is 88.5 Å². The monoisotopic (exact) mass is 702 g/mol. The zero-order valence-corrected chi connectivity index (χ0v) is 33.2. The normalized spacial score (nSPS) is 12.2. The molecule has 5 nitrogen and oxygen atoms in total. The smallest absolute Gasteiger partial charge is 0.137 e. The van der Waals surface area contributed by atoms with Crippen LogP contribution in [0.2, 0.25) is 0 Å². The summed E-state index contributed by atoms with van der Waals surface area (Å²) in [6.45, 7) is 22.5. The SMILES string of the molecule is Cc1cccc(C)c1-c1c(C)nn(-c2cc(Oc3ccc4c5ccccc5n(-c5cc(CC(C)C)ccn5)c4c3)cc(C(C)(C)C)c2)c1CCC(C)C. The third-order valence-corrected chi connectivity index (χ3v) is 10.4. The first-order chi connectivity index (χ1) is 25.3. The van der Waals surface area contributed by atoms with Crippen molar-refractivity contribution in [3.63, 3.8) is 0 Å². The Bertz CT molecular complexity index is 2410. The number of aromatic nitrogens is 4. The maximum absolute atomic E-state index is 6.87. The molecule has 7 rings (SSSR count). The molecule has 0 aliphatic heterocycles. The van der Waals surface area contributed by atoms with Gasteiger partial charge in [0.15, 0.2) is 0 Å². The second-order valence-corrected chi connectivity index (χ2v) is 16.7. The van der Waals surface area contributed by atoms with Gasteiger partial charge in [-0.15, -0.1) is 0 Å². The van der Waals surface area contributed by atoms with E-state index in [1.54, 1.807) is 0 Å². The Morgan fingerprint density at radius 1 is 0.698 bits per heavy atom. The van der Waals surface area contributed by atoms with Crippen LogP contribution in [-0.2, 0) is 18.3 Å². The number of nitrogens with zero attached hydrogens (tertiary/aromatic N) is 4. The van der Waals surface area contributed by atoms with E-state index in [1.165, 1.54) is 49.8 Å². The predicted molar refractivity (Wildman–Crippen MR) is 222 cm³/mol. The number of rotatable bonds is 10. The highest BCUT2D eigenvalue weighted by atomic mass is 16.5. The summed E-state index contributed by atoms with van der Waals surface area (Å²) in [5.74, 6) is 3.63. The third kappa shape index (κ3) is 7.27. The van der Waals surface area contributed by atoms with Gasteiger partial charge in [0.05, 0.1) is 28.1 Å². The topological polar surface area (TPSA) is 44.9 Å². The summed E-state index contributed by atoms with van der Waals surface area (Å²) in [6.07, 6.45) is 4.96. The lowest BCUT2D eigenvalue weighted by Gasteiger charge is -2.22. The minimum Gasteiger partial charge on any atom is -0.457 e. The van der Waals surface area contributed by atoms with E-state index in [0.29, 0.717) is 11.8 Å². The second kappa shape index (κ2) is 14.3. The highest BCUT2D eigenvalue weighted by Gasteiger charge is 2.24. The molecule has 272 valence electrons. The first-order valence-corrected chi connectivity index (χ1v) is 19.3. The van der Waals surface area contributed by atoms with Gasteiger partial charge in [-0.1, -0.05) is 84.9 Å². The molecular formula is C48H54N4O. The van der Waals surface area contributed by atoms with Crippen molar-refractivity contribution in [3.05, 3.63) is 131 Å². The maximum atomic E-state index is 6.87. The fraction of sp³-hybridized carbons (Fsp3) is 0.333. The van der Waals surface area contributed by atoms with E-state index >= 15 is 0 Å². The third-order valence-electron chi connectivity index (χ3n) is 10.4. The summed E-state index contributed by atoms with van der Waals surface area (Å²) in [7, 11) is 0. The van der Waals surface area contributed by atoms with Crippen molar-refractivity contribution < 1.29 is 4.74 Å². The van der Waals surface area contributed by atoms with Crippen molar-refractivity contribution in [3.8, 4) is 34.1 Å². The first kappa shape index (κ1) is 36.2. The minimum atomic E-state index is -0.104. The molecule has 4 aromatic carbocycles. The Hall–Kier alpha value is -5.16. The molecule has 0 fully saturated rings. The average Bonchev–Trinajstić information content (AvgIpc) is 3.60. The van der Waals surface area contributed by atoms with E-state index in [2.05, 4.69) is 169 Å². The van der Waals surface area contributed by atoms with Crippen molar-refractivity contribution in [1.29, 1.82) is 0 Å². The number of hydrogen-bond donors (Lipinski definition) is 0. The van der Waals surface area contributed by atoms with Crippen LogP contribution < -0.4 is 4.74 Å². The number of pyridine rings is 1. The number of para-hydroxylation sites is 1. The zero-order chi connectivity index (χ0) is 37.6. The summed E-state index contributed by atoms with van der Waals surface area (Å²) in [5.41, 5.74) is 13.0. The van der Waals surface area contributed by atoms with Gasteiger partial charge in [-0.05, 0) is 128 Å². The molecule has 3 aromatic heterocycles. The molecule has 0 spiro atoms. The minimum absolute atomic E-state index is 0.104. The summed E-state index contributed by atoms with van der Waals surface area (Å²) >= 11 is 0. The number of hydrogen-bond acceptors (Lipinski definition) is 3. The molecule has 0 amide bonds. The quantitative estimate of drug-likeness (QED) is 0.142. The van der Waals surface area contributed by atoms with Crippen LogP contribution >= 0.6 is 0 Å². The van der Waals surface area contributed by atoms with Crippen LogP contribution in [0.25, 0.3) is 44.4 Å². The van der Waals surface area contributed by atoms with Gasteiger partial charge in [-0.2, -0.15) is 5.10 Å². The van der Waals surface area contributed by atoms with E-state index < -0.39 is 0 Å². The van der Waals surface area contributed by atoms with E-state index in [-0.39, 0.29) is 5.41 Å². The van der Waals surface area contributed by atoms with Gasteiger partial charge in [-0.25, -0.2) is 9.67 Å². The molecule has 5 heteroatoms. The van der Waals surface area contributed by atoms with Gasteiger partial charge in [0, 0.05) is 34.7 Å². The van der Waals surface area contributed by atoms with Crippen LogP contribution in [0, 0.1) is 32.6 Å². The molecular weight excluding hydrogens is 649 g/mol. The van der Waals surface area contributed by atoms with Gasteiger partial charge in [0.1, 0.15) is 17.3 Å². The summed E-state index contributed by atoms with van der Waals surface area (Å²) in [5, 5.41) is 7.65. The van der Waals surface area contributed by atoms with Crippen LogP contribution in [-0.4, -0.2) is 19.3 Å². The van der Waals surface area contributed by atoms with Crippen LogP contribution in [0.15, 0.2) is 97.2 Å². The van der Waals surface area contributed by atoms with Gasteiger partial charge in [-0.3, -0.25) is 4.57 Å². The molecule has 0 unspecified atom stereocenters. The van der Waals surface area contributed by atoms with E-state index in [0.717, 1.165) is 59.0 Å². The Labute approximate surface area is 315 Å². The number of fused-ring (bicyclic) bond motifs is 3. The Kier molecular flexibility index (Phi) is 9.80. The predicted octanol–water partition coefficient (Wildman–Crippen LogP) is 12.8. The zero-order valence-electron chi connectivity index (χ0n) is 33.2. The van der Waals surface area contributed by atoms with Crippen LogP contribution in [0.3, 0.4) is 0 Å². The van der Waals surface area contributed by atoms with Gasteiger partial charge < -0.3 is 4.74 Å². The van der Waals surface area contributed by atoms with Crippen LogP contribution in [0.4, 0.5) is 0 Å². The fourth-order valence-corrected chi connectivity index (χ4v) is 7.75. The second-order valence-electron chi connectivity index (χ2n) is 16.7. The average molecular weight is 703 g/mol. The summed E-state index contributed by atoms with van der Waals surface area (Å²) in [6, 6.07) is 32.6. The van der Waals surface area contributed by atoms with Gasteiger partial charge in [0.25, 0.3) is 0 Å². The molecule has 53 heavy (non-hydrogen) atoms. The molecule has 0 radical (unpaired) electrons. The van der Waals surface area contributed by atoms with Gasteiger partial charge in [0.2, 0.25) is 0 Å². The molecule has 0 atom stereocenters. The van der Waals surface area contributed by atoms with E-state index in [1.807, 2.05) is 6.20 Å². The Morgan fingerprint density at radius 2 is 1.43 bits per heavy atom. The standard InChI is InChI=1S/C48H54N4O/c1-30(2)18-21-43-47(46-32(5)14-13-15-33(46)6)34(7)50-52(43)37-26-36(48(8,9)10)27-39(28-37)53-38-19-20-41-40-16-11-12-17-42(40)51(44(41)29-38)45-25-35(22-23-49-45)24-31(3)4/h11-17,19-20,22-23,25-31H,18,21,24H2,1-10H3. The summed E-state index contributed by atoms with van der Waals surface area (Å²) < 4.78 is 11.3. The molecule has 7 aromatic rings. The summed E-state index contributed by atoms with van der Waals surface area (Å²) in [4.78, 5) is 4.88. The van der Waals surface area contributed by atoms with Crippen molar-refractivity contribution in [2.75, 3.05) is 0 Å². The maximum Gasteiger partial charge on any atom is 0.137 e. The van der Waals surface area contributed by atoms with Crippen molar-refractivity contribution in [2.24, 2.45) is 11.8 Å². The molecule has 0 aliphatic rings. The lowest BCUT2D eigenvalue weighted by Crippen LogP contribution is -2.13. The van der Waals surface area contributed by atoms with Crippen molar-refractivity contribution in [1.82, 2.24) is 19.3 Å². The number of ether oxygens (including phenoxy) is 1. The molecule has 0 aliphatic carbocycles. The number of benzene rings is 4. The Morgan fingerprint density at radius 3 is 2.15 bits per heavy atom. The van der Waals surface area contributed by atoms with E-state index in [9.17, 15) is 0 Å². The van der Waals surface area contributed by atoms with Crippen LogP contribution in [0.5, 0.6) is 11.5 Å². The molecule has 0 bridgehead atoms. The highest BCUT2D eigenvalue weighted by molar-refractivity contribution is 6.09. The molecule has 3 heterocycles. The Balaban J connectivity index is 1.37. The molecule has 0 N–H and O–H groups in total. The molecule has 0 saturated heterocycles. The highest BCUT2D eigenvalue weighted by Crippen LogP contribution is 2.39. The first-order valence-electron chi connectivity index (χ1n) is 19.3. The fourth-order valence-electron chi connectivity index (χ4n) is 7.75. The largest absolute Gasteiger partial charge is 0.457 e. The van der Waals surface area contributed by atoms with Crippen molar-refractivity contribution >= 4 is 21.8 Å². The number of aryl methyl sites for hydroxylation is 3. The van der Waals surface area contributed by atoms with Gasteiger partial charge >= 0.3 is 0 Å². The lowest BCUT2D eigenvalue weighted by molar-refractivity contribution is 0.478.